The highest BCUT2D eigenvalue weighted by molar-refractivity contribution is 5.76. The molecular formula is C50H97NO8. The van der Waals surface area contributed by atoms with E-state index in [1.807, 2.05) is 6.08 Å². The van der Waals surface area contributed by atoms with Crippen molar-refractivity contribution in [1.82, 2.24) is 5.32 Å². The summed E-state index contributed by atoms with van der Waals surface area (Å²) in [5.74, 6) is -0.188. The van der Waals surface area contributed by atoms with E-state index in [1.165, 1.54) is 173 Å². The van der Waals surface area contributed by atoms with Crippen LogP contribution in [0.25, 0.3) is 0 Å². The van der Waals surface area contributed by atoms with Gasteiger partial charge < -0.3 is 40.3 Å². The van der Waals surface area contributed by atoms with Gasteiger partial charge in [0.1, 0.15) is 24.4 Å². The molecule has 0 aromatic carbocycles. The second-order valence-electron chi connectivity index (χ2n) is 18.0. The van der Waals surface area contributed by atoms with Gasteiger partial charge >= 0.3 is 0 Å². The minimum absolute atomic E-state index is 0.185. The van der Waals surface area contributed by atoms with Crippen LogP contribution in [0.1, 0.15) is 245 Å². The van der Waals surface area contributed by atoms with E-state index >= 15 is 0 Å². The number of hydrogen-bond acceptors (Lipinski definition) is 8. The molecule has 0 aromatic heterocycles. The standard InChI is InChI=1S/C50H97NO8/c1-3-5-7-9-10-11-12-13-14-15-16-17-18-19-20-21-22-23-24-25-26-27-28-29-30-31-32-33-34-36-37-39-44(53)43(51-46(54)40-38-35-8-6-4-2)42-58-50-49(57)48(56)47(55)45(41-52)59-50/h37,39,43-45,47-50,52-53,55-57H,3-36,38,40-42H2,1-2H3,(H,51,54)/b39-37+. The van der Waals surface area contributed by atoms with Gasteiger partial charge in [-0.3, -0.25) is 4.79 Å². The molecule has 0 spiro atoms. The van der Waals surface area contributed by atoms with Crippen molar-refractivity contribution in [1.29, 1.82) is 0 Å². The summed E-state index contributed by atoms with van der Waals surface area (Å²) in [7, 11) is 0. The zero-order valence-electron chi connectivity index (χ0n) is 38.5. The van der Waals surface area contributed by atoms with Gasteiger partial charge in [-0.2, -0.15) is 0 Å². The minimum atomic E-state index is -1.56. The summed E-state index contributed by atoms with van der Waals surface area (Å²) < 4.78 is 11.1. The topological polar surface area (TPSA) is 149 Å². The van der Waals surface area contributed by atoms with Gasteiger partial charge in [0, 0.05) is 6.42 Å². The second kappa shape index (κ2) is 41.0. The Bertz CT molecular complexity index is 935. The van der Waals surface area contributed by atoms with E-state index in [2.05, 4.69) is 19.2 Å². The molecule has 7 unspecified atom stereocenters. The SMILES string of the molecule is CCCCCCCCCCCCCCCCCCCCCCCCCCCCCCC/C=C/C(O)C(COC1OC(CO)C(O)C(O)C1O)NC(=O)CCCCCCC. The molecule has 1 aliphatic rings. The van der Waals surface area contributed by atoms with Gasteiger partial charge in [-0.25, -0.2) is 0 Å². The first-order valence-corrected chi connectivity index (χ1v) is 25.4. The number of unbranched alkanes of at least 4 members (excludes halogenated alkanes) is 33. The van der Waals surface area contributed by atoms with Gasteiger partial charge in [0.15, 0.2) is 6.29 Å². The summed E-state index contributed by atoms with van der Waals surface area (Å²) in [6.45, 7) is 3.69. The van der Waals surface area contributed by atoms with Gasteiger partial charge in [-0.15, -0.1) is 0 Å². The van der Waals surface area contributed by atoms with Crippen LogP contribution in [0.2, 0.25) is 0 Å². The van der Waals surface area contributed by atoms with Crippen molar-refractivity contribution in [3.63, 3.8) is 0 Å². The maximum atomic E-state index is 12.7. The second-order valence-corrected chi connectivity index (χ2v) is 18.0. The summed E-state index contributed by atoms with van der Waals surface area (Å²) in [5.41, 5.74) is 0. The van der Waals surface area contributed by atoms with Crippen molar-refractivity contribution in [3.05, 3.63) is 12.2 Å². The van der Waals surface area contributed by atoms with Crippen LogP contribution in [-0.4, -0.2) is 87.5 Å². The van der Waals surface area contributed by atoms with Crippen molar-refractivity contribution in [2.75, 3.05) is 13.2 Å². The lowest BCUT2D eigenvalue weighted by atomic mass is 9.99. The Kier molecular flexibility index (Phi) is 38.9. The van der Waals surface area contributed by atoms with Gasteiger partial charge in [-0.05, 0) is 19.3 Å². The number of nitrogens with one attached hydrogen (secondary N) is 1. The molecule has 1 aliphatic heterocycles. The van der Waals surface area contributed by atoms with Crippen molar-refractivity contribution in [2.45, 2.75) is 288 Å². The Morgan fingerprint density at radius 2 is 0.932 bits per heavy atom. The molecule has 59 heavy (non-hydrogen) atoms. The Morgan fingerprint density at radius 3 is 1.32 bits per heavy atom. The fourth-order valence-corrected chi connectivity index (χ4v) is 8.28. The van der Waals surface area contributed by atoms with Crippen LogP contribution in [-0.2, 0) is 14.3 Å². The molecule has 0 aromatic rings. The first-order chi connectivity index (χ1) is 28.8. The number of hydrogen-bond donors (Lipinski definition) is 6. The van der Waals surface area contributed by atoms with Gasteiger partial charge in [0.25, 0.3) is 0 Å². The number of ether oxygens (including phenoxy) is 2. The minimum Gasteiger partial charge on any atom is -0.394 e. The number of aliphatic hydroxyl groups is 5. The molecule has 6 N–H and O–H groups in total. The molecule has 1 saturated heterocycles. The fourth-order valence-electron chi connectivity index (χ4n) is 8.28. The fraction of sp³-hybridized carbons (Fsp3) is 0.940. The van der Waals surface area contributed by atoms with Gasteiger partial charge in [-0.1, -0.05) is 231 Å². The average Bonchev–Trinajstić information content (AvgIpc) is 3.23. The van der Waals surface area contributed by atoms with E-state index in [9.17, 15) is 30.3 Å². The molecule has 9 nitrogen and oxygen atoms in total. The summed E-state index contributed by atoms with van der Waals surface area (Å²) >= 11 is 0. The number of amides is 1. The van der Waals surface area contributed by atoms with E-state index in [4.69, 9.17) is 9.47 Å². The third kappa shape index (κ3) is 31.4. The van der Waals surface area contributed by atoms with Crippen molar-refractivity contribution >= 4 is 5.91 Å². The highest BCUT2D eigenvalue weighted by atomic mass is 16.7. The number of carbonyl (C=O) groups excluding carboxylic acids is 1. The monoisotopic (exact) mass is 840 g/mol. The molecule has 0 saturated carbocycles. The smallest absolute Gasteiger partial charge is 0.220 e. The quantitative estimate of drug-likeness (QED) is 0.0263. The molecule has 1 rings (SSSR count). The summed E-state index contributed by atoms with van der Waals surface area (Å²) in [6.07, 6.45) is 42.0. The van der Waals surface area contributed by atoms with Crippen LogP contribution in [0.5, 0.6) is 0 Å². The van der Waals surface area contributed by atoms with Crippen molar-refractivity contribution in [2.24, 2.45) is 0 Å². The number of aliphatic hydroxyl groups excluding tert-OH is 5. The molecular weight excluding hydrogens is 743 g/mol. The summed E-state index contributed by atoms with van der Waals surface area (Å²) in [4.78, 5) is 12.7. The van der Waals surface area contributed by atoms with Crippen LogP contribution >= 0.6 is 0 Å². The van der Waals surface area contributed by atoms with Crippen LogP contribution < -0.4 is 5.32 Å². The zero-order chi connectivity index (χ0) is 43.0. The Morgan fingerprint density at radius 1 is 0.559 bits per heavy atom. The maximum absolute atomic E-state index is 12.7. The van der Waals surface area contributed by atoms with E-state index < -0.39 is 49.5 Å². The summed E-state index contributed by atoms with van der Waals surface area (Å²) in [5, 5.41) is 53.9. The lowest BCUT2D eigenvalue weighted by Gasteiger charge is -2.40. The predicted molar refractivity (Wildman–Crippen MR) is 244 cm³/mol. The maximum Gasteiger partial charge on any atom is 0.220 e. The summed E-state index contributed by atoms with van der Waals surface area (Å²) in [6, 6.07) is -0.796. The third-order valence-electron chi connectivity index (χ3n) is 12.4. The number of rotatable bonds is 43. The Hall–Kier alpha value is -1.07. The molecule has 0 radical (unpaired) electrons. The van der Waals surface area contributed by atoms with Crippen LogP contribution in [0.3, 0.4) is 0 Å². The Labute approximate surface area is 363 Å². The van der Waals surface area contributed by atoms with Crippen molar-refractivity contribution < 1.29 is 39.8 Å². The highest BCUT2D eigenvalue weighted by Crippen LogP contribution is 2.23. The molecule has 0 aliphatic carbocycles. The lowest BCUT2D eigenvalue weighted by Crippen LogP contribution is -2.60. The van der Waals surface area contributed by atoms with E-state index in [-0.39, 0.29) is 12.5 Å². The molecule has 350 valence electrons. The average molecular weight is 840 g/mol. The van der Waals surface area contributed by atoms with Gasteiger partial charge in [0.2, 0.25) is 5.91 Å². The highest BCUT2D eigenvalue weighted by Gasteiger charge is 2.44. The normalized spacial score (nSPS) is 20.7. The van der Waals surface area contributed by atoms with Gasteiger partial charge in [0.05, 0.1) is 25.4 Å². The Balaban J connectivity index is 2.05. The van der Waals surface area contributed by atoms with E-state index in [0.29, 0.717) is 6.42 Å². The largest absolute Gasteiger partial charge is 0.394 e. The molecule has 1 fully saturated rings. The van der Waals surface area contributed by atoms with Crippen LogP contribution in [0, 0.1) is 0 Å². The lowest BCUT2D eigenvalue weighted by molar-refractivity contribution is -0.302. The molecule has 7 atom stereocenters. The van der Waals surface area contributed by atoms with E-state index in [0.717, 1.165) is 51.4 Å². The number of carbonyl (C=O) groups is 1. The number of allylic oxidation sites excluding steroid dienone is 1. The molecule has 0 bridgehead atoms. The first kappa shape index (κ1) is 55.9. The first-order valence-electron chi connectivity index (χ1n) is 25.4. The zero-order valence-corrected chi connectivity index (χ0v) is 38.5. The third-order valence-corrected chi connectivity index (χ3v) is 12.4. The molecule has 1 heterocycles. The van der Waals surface area contributed by atoms with Crippen LogP contribution in [0.15, 0.2) is 12.2 Å². The molecule has 1 amide bonds. The van der Waals surface area contributed by atoms with E-state index in [1.54, 1.807) is 6.08 Å². The predicted octanol–water partition coefficient (Wildman–Crippen LogP) is 11.3. The van der Waals surface area contributed by atoms with Crippen molar-refractivity contribution in [3.8, 4) is 0 Å². The van der Waals surface area contributed by atoms with Crippen LogP contribution in [0.4, 0.5) is 0 Å². The molecule has 9 heteroatoms.